The van der Waals surface area contributed by atoms with Crippen LogP contribution in [0.3, 0.4) is 0 Å². The first-order valence-corrected chi connectivity index (χ1v) is 11.5. The molecule has 0 aromatic heterocycles. The summed E-state index contributed by atoms with van der Waals surface area (Å²) in [5.74, 6) is -8.83. The third kappa shape index (κ3) is 7.51. The molecule has 36 heavy (non-hydrogen) atoms. The van der Waals surface area contributed by atoms with E-state index in [9.17, 15) is 46.4 Å². The summed E-state index contributed by atoms with van der Waals surface area (Å²) in [6.07, 6.45) is -6.18. The molecule has 4 amide bonds. The number of nitrogens with one attached hydrogen (secondary N) is 3. The molecule has 0 bridgehead atoms. The molecule has 2 saturated heterocycles. The Morgan fingerprint density at radius 3 is 2.39 bits per heavy atom. The smallest absolute Gasteiger partial charge is 0.356 e. The average molecular weight is 524 g/mol. The summed E-state index contributed by atoms with van der Waals surface area (Å²) in [5, 5.41) is 16.0. The standard InChI is InChI=1S/C22H30F5N5O4/c1-20(2,3)15(31-19(36)22(25,26)27)18(35)32-8-6-21(23,24)10-14(32)17(34)30-13(11-28)9-12-5-4-7-29-16(12)33/h12-15H,4-10H2,1-3H3,(H,29,33)(H,30,34)(H,31,36)/t12-,13-,14-,15-/m0/s1. The Hall–Kier alpha value is -2.98. The van der Waals surface area contributed by atoms with Crippen LogP contribution in [0.5, 0.6) is 0 Å². The molecule has 0 unspecified atom stereocenters. The zero-order valence-corrected chi connectivity index (χ0v) is 20.2. The Balaban J connectivity index is 2.26. The minimum atomic E-state index is -5.29. The number of hydrogen-bond acceptors (Lipinski definition) is 5. The molecule has 0 saturated carbocycles. The van der Waals surface area contributed by atoms with E-state index in [0.29, 0.717) is 19.4 Å². The first kappa shape index (κ1) is 29.3. The lowest BCUT2D eigenvalue weighted by molar-refractivity contribution is -0.177. The second-order valence-corrected chi connectivity index (χ2v) is 10.2. The molecule has 0 aliphatic carbocycles. The van der Waals surface area contributed by atoms with Crippen molar-refractivity contribution in [3.63, 3.8) is 0 Å². The van der Waals surface area contributed by atoms with Gasteiger partial charge in [-0.2, -0.15) is 18.4 Å². The monoisotopic (exact) mass is 523 g/mol. The molecule has 202 valence electrons. The highest BCUT2D eigenvalue weighted by Gasteiger charge is 2.50. The maximum atomic E-state index is 14.2. The molecule has 2 aliphatic rings. The van der Waals surface area contributed by atoms with Gasteiger partial charge < -0.3 is 20.9 Å². The van der Waals surface area contributed by atoms with Crippen molar-refractivity contribution in [2.45, 2.75) is 83.1 Å². The van der Waals surface area contributed by atoms with Gasteiger partial charge >= 0.3 is 12.1 Å². The molecule has 2 rings (SSSR count). The fourth-order valence-electron chi connectivity index (χ4n) is 4.22. The van der Waals surface area contributed by atoms with Crippen molar-refractivity contribution in [1.29, 1.82) is 5.26 Å². The van der Waals surface area contributed by atoms with Gasteiger partial charge in [0.2, 0.25) is 17.7 Å². The maximum absolute atomic E-state index is 14.2. The second-order valence-electron chi connectivity index (χ2n) is 10.2. The predicted molar refractivity (Wildman–Crippen MR) is 115 cm³/mol. The highest BCUT2D eigenvalue weighted by Crippen LogP contribution is 2.34. The number of nitriles is 1. The van der Waals surface area contributed by atoms with E-state index in [0.717, 1.165) is 4.90 Å². The fraction of sp³-hybridized carbons (Fsp3) is 0.773. The van der Waals surface area contributed by atoms with Gasteiger partial charge in [-0.05, 0) is 24.7 Å². The predicted octanol–water partition coefficient (Wildman–Crippen LogP) is 1.63. The Labute approximate surface area is 205 Å². The van der Waals surface area contributed by atoms with Crippen LogP contribution in [-0.2, 0) is 19.2 Å². The van der Waals surface area contributed by atoms with Gasteiger partial charge in [0.05, 0.1) is 6.07 Å². The summed E-state index contributed by atoms with van der Waals surface area (Å²) in [7, 11) is 0. The first-order chi connectivity index (χ1) is 16.5. The van der Waals surface area contributed by atoms with Crippen molar-refractivity contribution in [2.24, 2.45) is 11.3 Å². The fourth-order valence-corrected chi connectivity index (χ4v) is 4.22. The van der Waals surface area contributed by atoms with Crippen molar-refractivity contribution < 1.29 is 41.1 Å². The Morgan fingerprint density at radius 2 is 1.86 bits per heavy atom. The van der Waals surface area contributed by atoms with E-state index in [1.54, 1.807) is 5.32 Å². The molecule has 0 aromatic carbocycles. The minimum absolute atomic E-state index is 0.0720. The molecule has 2 aliphatic heterocycles. The molecule has 9 nitrogen and oxygen atoms in total. The van der Waals surface area contributed by atoms with Gasteiger partial charge in [-0.15, -0.1) is 0 Å². The number of likely N-dealkylation sites (tertiary alicyclic amines) is 1. The number of amides is 4. The average Bonchev–Trinajstić information content (AvgIpc) is 2.75. The highest BCUT2D eigenvalue weighted by atomic mass is 19.4. The second kappa shape index (κ2) is 11.0. The molecule has 0 spiro atoms. The SMILES string of the molecule is CC(C)(C)[C@@H](NC(=O)C(F)(F)F)C(=O)N1CCC(F)(F)C[C@H]1C(=O)N[C@H](C#N)C[C@@H]1CCCNC1=O. The normalized spacial score (nSPS) is 24.1. The number of piperidine rings is 2. The summed E-state index contributed by atoms with van der Waals surface area (Å²) in [6.45, 7) is 3.95. The number of rotatable bonds is 6. The van der Waals surface area contributed by atoms with Crippen LogP contribution < -0.4 is 16.0 Å². The summed E-state index contributed by atoms with van der Waals surface area (Å²) in [6, 6.07) is -2.98. The number of nitrogens with zero attached hydrogens (tertiary/aromatic N) is 2. The van der Waals surface area contributed by atoms with Gasteiger partial charge in [-0.25, -0.2) is 8.78 Å². The lowest BCUT2D eigenvalue weighted by Crippen LogP contribution is -2.63. The Morgan fingerprint density at radius 1 is 1.22 bits per heavy atom. The Kier molecular flexibility index (Phi) is 8.91. The van der Waals surface area contributed by atoms with Crippen LogP contribution in [-0.4, -0.2) is 71.8 Å². The van der Waals surface area contributed by atoms with E-state index in [1.807, 2.05) is 6.07 Å². The largest absolute Gasteiger partial charge is 0.471 e. The van der Waals surface area contributed by atoms with Crippen molar-refractivity contribution in [3.05, 3.63) is 0 Å². The Bertz CT molecular complexity index is 912. The topological polar surface area (TPSA) is 131 Å². The molecule has 3 N–H and O–H groups in total. The van der Waals surface area contributed by atoms with Crippen molar-refractivity contribution in [2.75, 3.05) is 13.1 Å². The van der Waals surface area contributed by atoms with Gasteiger partial charge in [0.25, 0.3) is 5.92 Å². The zero-order chi connectivity index (χ0) is 27.5. The minimum Gasteiger partial charge on any atom is -0.356 e. The van der Waals surface area contributed by atoms with E-state index >= 15 is 0 Å². The van der Waals surface area contributed by atoms with Crippen LogP contribution in [0.25, 0.3) is 0 Å². The van der Waals surface area contributed by atoms with E-state index in [1.165, 1.54) is 20.8 Å². The van der Waals surface area contributed by atoms with Crippen LogP contribution in [0.4, 0.5) is 22.0 Å². The number of hydrogen-bond donors (Lipinski definition) is 3. The van der Waals surface area contributed by atoms with Gasteiger partial charge in [0.1, 0.15) is 18.1 Å². The highest BCUT2D eigenvalue weighted by molar-refractivity contribution is 5.94. The third-order valence-electron chi connectivity index (χ3n) is 6.21. The van der Waals surface area contributed by atoms with Crippen molar-refractivity contribution in [3.8, 4) is 6.07 Å². The summed E-state index contributed by atoms with van der Waals surface area (Å²) < 4.78 is 67.0. The van der Waals surface area contributed by atoms with Gasteiger partial charge in [-0.1, -0.05) is 20.8 Å². The van der Waals surface area contributed by atoms with E-state index in [2.05, 4.69) is 10.6 Å². The van der Waals surface area contributed by atoms with Crippen LogP contribution in [0.1, 0.15) is 52.9 Å². The zero-order valence-electron chi connectivity index (χ0n) is 20.2. The van der Waals surface area contributed by atoms with Gasteiger partial charge in [0, 0.05) is 31.8 Å². The van der Waals surface area contributed by atoms with E-state index in [-0.39, 0.29) is 12.3 Å². The lowest BCUT2D eigenvalue weighted by atomic mass is 9.84. The lowest BCUT2D eigenvalue weighted by Gasteiger charge is -2.42. The maximum Gasteiger partial charge on any atom is 0.471 e. The van der Waals surface area contributed by atoms with Gasteiger partial charge in [0.15, 0.2) is 0 Å². The van der Waals surface area contributed by atoms with Crippen LogP contribution in [0, 0.1) is 22.7 Å². The summed E-state index contributed by atoms with van der Waals surface area (Å²) >= 11 is 0. The van der Waals surface area contributed by atoms with Crippen LogP contribution in [0.2, 0.25) is 0 Å². The number of carbonyl (C=O) groups is 4. The molecule has 0 aromatic rings. The molecule has 14 heteroatoms. The molecule has 2 fully saturated rings. The van der Waals surface area contributed by atoms with Crippen molar-refractivity contribution in [1.82, 2.24) is 20.9 Å². The summed E-state index contributed by atoms with van der Waals surface area (Å²) in [4.78, 5) is 50.5. The number of halogens is 5. The van der Waals surface area contributed by atoms with E-state index in [4.69, 9.17) is 0 Å². The molecular weight excluding hydrogens is 493 g/mol. The molecular formula is C22H30F5N5O4. The van der Waals surface area contributed by atoms with Gasteiger partial charge in [-0.3, -0.25) is 19.2 Å². The first-order valence-electron chi connectivity index (χ1n) is 11.5. The molecule has 2 heterocycles. The van der Waals surface area contributed by atoms with Crippen LogP contribution in [0.15, 0.2) is 0 Å². The quantitative estimate of drug-likeness (QED) is 0.456. The molecule has 0 radical (unpaired) electrons. The van der Waals surface area contributed by atoms with Crippen LogP contribution >= 0.6 is 0 Å². The number of carbonyl (C=O) groups excluding carboxylic acids is 4. The van der Waals surface area contributed by atoms with Crippen molar-refractivity contribution >= 4 is 23.6 Å². The van der Waals surface area contributed by atoms with E-state index < -0.39 is 78.7 Å². The third-order valence-corrected chi connectivity index (χ3v) is 6.21. The number of alkyl halides is 5. The molecule has 4 atom stereocenters. The summed E-state index contributed by atoms with van der Waals surface area (Å²) in [5.41, 5.74) is -1.26.